The molecule has 1 aromatic carbocycles. The molecular formula is C14H15NO3. The molecule has 0 spiro atoms. The molecule has 0 N–H and O–H groups in total. The third-order valence-electron chi connectivity index (χ3n) is 2.53. The zero-order valence-electron chi connectivity index (χ0n) is 10.5. The molecule has 18 heavy (non-hydrogen) atoms. The molecule has 0 amide bonds. The Morgan fingerprint density at radius 3 is 2.72 bits per heavy atom. The van der Waals surface area contributed by atoms with Gasteiger partial charge in [-0.3, -0.25) is 0 Å². The average molecular weight is 245 g/mol. The number of hydrogen-bond donors (Lipinski definition) is 0. The molecule has 0 unspecified atom stereocenters. The minimum absolute atomic E-state index is 0.327. The Kier molecular flexibility index (Phi) is 3.77. The van der Waals surface area contributed by atoms with Gasteiger partial charge in [-0.25, -0.2) is 9.78 Å². The van der Waals surface area contributed by atoms with E-state index in [0.29, 0.717) is 24.7 Å². The topological polar surface area (TPSA) is 48.4 Å². The van der Waals surface area contributed by atoms with E-state index in [9.17, 15) is 4.79 Å². The summed E-state index contributed by atoms with van der Waals surface area (Å²) < 4.78 is 10.5. The second kappa shape index (κ2) is 5.49. The minimum atomic E-state index is -0.398. The number of benzene rings is 1. The summed E-state index contributed by atoms with van der Waals surface area (Å²) in [5.74, 6) is -0.0695. The third kappa shape index (κ3) is 2.27. The number of fused-ring (bicyclic) bond motifs is 1. The Morgan fingerprint density at radius 1 is 1.22 bits per heavy atom. The van der Waals surface area contributed by atoms with Crippen LogP contribution in [0.4, 0.5) is 0 Å². The molecule has 1 heterocycles. The van der Waals surface area contributed by atoms with Crippen LogP contribution in [-0.4, -0.2) is 24.2 Å². The molecular weight excluding hydrogens is 230 g/mol. The molecule has 2 aromatic rings. The van der Waals surface area contributed by atoms with Crippen LogP contribution in [-0.2, 0) is 4.74 Å². The van der Waals surface area contributed by atoms with Gasteiger partial charge in [0.25, 0.3) is 0 Å². The summed E-state index contributed by atoms with van der Waals surface area (Å²) in [6.45, 7) is 4.41. The zero-order valence-corrected chi connectivity index (χ0v) is 10.5. The molecule has 4 heteroatoms. The summed E-state index contributed by atoms with van der Waals surface area (Å²) in [7, 11) is 0. The largest absolute Gasteiger partial charge is 0.477 e. The molecule has 0 fully saturated rings. The lowest BCUT2D eigenvalue weighted by Gasteiger charge is -2.11. The SMILES string of the molecule is CCOC(=O)c1c(OCC)ncc2ccccc12. The highest BCUT2D eigenvalue weighted by molar-refractivity contribution is 6.06. The van der Waals surface area contributed by atoms with Crippen molar-refractivity contribution >= 4 is 16.7 Å². The van der Waals surface area contributed by atoms with Gasteiger partial charge >= 0.3 is 5.97 Å². The first-order valence-electron chi connectivity index (χ1n) is 5.95. The summed E-state index contributed by atoms with van der Waals surface area (Å²) in [4.78, 5) is 16.2. The van der Waals surface area contributed by atoms with Crippen molar-refractivity contribution in [1.82, 2.24) is 4.98 Å². The number of esters is 1. The molecule has 1 aromatic heterocycles. The Morgan fingerprint density at radius 2 is 2.00 bits per heavy atom. The van der Waals surface area contributed by atoms with Crippen LogP contribution >= 0.6 is 0 Å². The van der Waals surface area contributed by atoms with E-state index >= 15 is 0 Å². The summed E-state index contributed by atoms with van der Waals surface area (Å²) >= 11 is 0. The van der Waals surface area contributed by atoms with Gasteiger partial charge in [0.05, 0.1) is 13.2 Å². The number of carbonyl (C=O) groups is 1. The van der Waals surface area contributed by atoms with E-state index in [1.807, 2.05) is 31.2 Å². The van der Waals surface area contributed by atoms with Crippen LogP contribution in [0.15, 0.2) is 30.5 Å². The van der Waals surface area contributed by atoms with Crippen molar-refractivity contribution in [3.05, 3.63) is 36.0 Å². The monoisotopic (exact) mass is 245 g/mol. The van der Waals surface area contributed by atoms with E-state index in [-0.39, 0.29) is 0 Å². The van der Waals surface area contributed by atoms with E-state index in [0.717, 1.165) is 10.8 Å². The number of ether oxygens (including phenoxy) is 2. The van der Waals surface area contributed by atoms with Crippen LogP contribution < -0.4 is 4.74 Å². The lowest BCUT2D eigenvalue weighted by molar-refractivity contribution is 0.0523. The van der Waals surface area contributed by atoms with E-state index in [1.54, 1.807) is 13.1 Å². The second-order valence-corrected chi connectivity index (χ2v) is 3.68. The predicted octanol–water partition coefficient (Wildman–Crippen LogP) is 2.81. The number of pyridine rings is 1. The van der Waals surface area contributed by atoms with Gasteiger partial charge in [-0.2, -0.15) is 0 Å². The van der Waals surface area contributed by atoms with Crippen LogP contribution in [0.2, 0.25) is 0 Å². The fourth-order valence-corrected chi connectivity index (χ4v) is 1.79. The van der Waals surface area contributed by atoms with E-state index in [4.69, 9.17) is 9.47 Å². The second-order valence-electron chi connectivity index (χ2n) is 3.68. The number of aromatic nitrogens is 1. The number of nitrogens with zero attached hydrogens (tertiary/aromatic N) is 1. The Balaban J connectivity index is 2.62. The molecule has 0 saturated carbocycles. The summed E-state index contributed by atoms with van der Waals surface area (Å²) in [5.41, 5.74) is 0.400. The number of carbonyl (C=O) groups excluding carboxylic acids is 1. The molecule has 0 saturated heterocycles. The van der Waals surface area contributed by atoms with Gasteiger partial charge in [0.1, 0.15) is 5.56 Å². The first kappa shape index (κ1) is 12.4. The quantitative estimate of drug-likeness (QED) is 0.777. The first-order chi connectivity index (χ1) is 8.77. The third-order valence-corrected chi connectivity index (χ3v) is 2.53. The van der Waals surface area contributed by atoms with Gasteiger partial charge in [0.15, 0.2) is 0 Å². The lowest BCUT2D eigenvalue weighted by Crippen LogP contribution is -2.10. The molecule has 0 atom stereocenters. The molecule has 0 bridgehead atoms. The Labute approximate surface area is 106 Å². The highest BCUT2D eigenvalue weighted by Gasteiger charge is 2.18. The van der Waals surface area contributed by atoms with E-state index in [2.05, 4.69) is 4.98 Å². The van der Waals surface area contributed by atoms with Gasteiger partial charge in [0.2, 0.25) is 5.88 Å². The smallest absolute Gasteiger partial charge is 0.344 e. The van der Waals surface area contributed by atoms with Gasteiger partial charge in [-0.15, -0.1) is 0 Å². The van der Waals surface area contributed by atoms with Crippen LogP contribution in [0.25, 0.3) is 10.8 Å². The Bertz CT molecular complexity index is 566. The van der Waals surface area contributed by atoms with E-state index in [1.165, 1.54) is 0 Å². The summed E-state index contributed by atoms with van der Waals surface area (Å²) in [6, 6.07) is 7.55. The minimum Gasteiger partial charge on any atom is -0.477 e. The van der Waals surface area contributed by atoms with E-state index < -0.39 is 5.97 Å². The lowest BCUT2D eigenvalue weighted by atomic mass is 10.1. The fourth-order valence-electron chi connectivity index (χ4n) is 1.79. The van der Waals surface area contributed by atoms with Crippen molar-refractivity contribution in [2.45, 2.75) is 13.8 Å². The maximum atomic E-state index is 12.0. The van der Waals surface area contributed by atoms with Crippen molar-refractivity contribution < 1.29 is 14.3 Å². The molecule has 0 aliphatic heterocycles. The van der Waals surface area contributed by atoms with Crippen molar-refractivity contribution in [2.24, 2.45) is 0 Å². The molecule has 94 valence electrons. The van der Waals surface area contributed by atoms with Crippen molar-refractivity contribution in [3.63, 3.8) is 0 Å². The van der Waals surface area contributed by atoms with Gasteiger partial charge in [0, 0.05) is 17.0 Å². The highest BCUT2D eigenvalue weighted by Crippen LogP contribution is 2.26. The summed E-state index contributed by atoms with van der Waals surface area (Å²) in [6.07, 6.45) is 1.70. The molecule has 0 aliphatic rings. The Hall–Kier alpha value is -2.10. The highest BCUT2D eigenvalue weighted by atomic mass is 16.5. The van der Waals surface area contributed by atoms with Crippen molar-refractivity contribution in [3.8, 4) is 5.88 Å². The van der Waals surface area contributed by atoms with Crippen molar-refractivity contribution in [1.29, 1.82) is 0 Å². The standard InChI is InChI=1S/C14H15NO3/c1-3-17-13-12(14(16)18-4-2)11-8-6-5-7-10(11)9-15-13/h5-9H,3-4H2,1-2H3. The first-order valence-corrected chi connectivity index (χ1v) is 5.95. The zero-order chi connectivity index (χ0) is 13.0. The average Bonchev–Trinajstić information content (AvgIpc) is 2.39. The number of hydrogen-bond acceptors (Lipinski definition) is 4. The normalized spacial score (nSPS) is 10.3. The van der Waals surface area contributed by atoms with Crippen LogP contribution in [0.3, 0.4) is 0 Å². The predicted molar refractivity (Wildman–Crippen MR) is 68.9 cm³/mol. The fraction of sp³-hybridized carbons (Fsp3) is 0.286. The molecule has 2 rings (SSSR count). The van der Waals surface area contributed by atoms with Gasteiger partial charge < -0.3 is 9.47 Å². The maximum Gasteiger partial charge on any atom is 0.344 e. The van der Waals surface area contributed by atoms with Gasteiger partial charge in [-0.05, 0) is 13.8 Å². The molecule has 0 radical (unpaired) electrons. The van der Waals surface area contributed by atoms with Crippen molar-refractivity contribution in [2.75, 3.05) is 13.2 Å². The molecule has 0 aliphatic carbocycles. The van der Waals surface area contributed by atoms with Crippen LogP contribution in [0, 0.1) is 0 Å². The molecule has 4 nitrogen and oxygen atoms in total. The summed E-state index contributed by atoms with van der Waals surface area (Å²) in [5, 5.41) is 1.69. The maximum absolute atomic E-state index is 12.0. The van der Waals surface area contributed by atoms with Gasteiger partial charge in [-0.1, -0.05) is 24.3 Å². The van der Waals surface area contributed by atoms with Crippen LogP contribution in [0.5, 0.6) is 5.88 Å². The van der Waals surface area contributed by atoms with Crippen LogP contribution in [0.1, 0.15) is 24.2 Å². The number of rotatable bonds is 4.